The summed E-state index contributed by atoms with van der Waals surface area (Å²) in [6, 6.07) is 4.88. The van der Waals surface area contributed by atoms with E-state index in [0.29, 0.717) is 5.56 Å². The Kier molecular flexibility index (Phi) is 4.85. The minimum absolute atomic E-state index is 0.0260. The third kappa shape index (κ3) is 3.67. The van der Waals surface area contributed by atoms with Crippen LogP contribution in [0.5, 0.6) is 5.75 Å². The molecule has 0 amide bonds. The van der Waals surface area contributed by atoms with Crippen molar-refractivity contribution in [2.75, 3.05) is 0 Å². The zero-order valence-corrected chi connectivity index (χ0v) is 14.5. The monoisotopic (exact) mass is 332 g/mol. The van der Waals surface area contributed by atoms with E-state index in [4.69, 9.17) is 4.74 Å². The summed E-state index contributed by atoms with van der Waals surface area (Å²) < 4.78 is 5.25. The summed E-state index contributed by atoms with van der Waals surface area (Å²) in [5.74, 6) is -1.55. The number of hydrogen-bond acceptors (Lipinski definition) is 4. The highest BCUT2D eigenvalue weighted by molar-refractivity contribution is 5.92. The molecule has 0 heterocycles. The van der Waals surface area contributed by atoms with E-state index in [1.54, 1.807) is 26.0 Å². The van der Waals surface area contributed by atoms with Gasteiger partial charge in [0.05, 0.1) is 5.60 Å². The molecule has 5 heteroatoms. The standard InChI is InChI=1S/C19H24O5/c1-12(20)24-16-14(17(21)22)6-5-7-15(16)19(4)10-8-13(9-11-19)18(2,3)23/h5-8,10,13,23H,9,11H2,1-4H3,(H,21,22). The predicted molar refractivity (Wildman–Crippen MR) is 90.2 cm³/mol. The fourth-order valence-corrected chi connectivity index (χ4v) is 3.19. The van der Waals surface area contributed by atoms with Crippen molar-refractivity contribution >= 4 is 11.9 Å². The average molecular weight is 332 g/mol. The molecule has 0 radical (unpaired) electrons. The van der Waals surface area contributed by atoms with Gasteiger partial charge in [-0.2, -0.15) is 0 Å². The molecular formula is C19H24O5. The van der Waals surface area contributed by atoms with E-state index in [1.807, 2.05) is 19.1 Å². The van der Waals surface area contributed by atoms with E-state index in [9.17, 15) is 19.8 Å². The van der Waals surface area contributed by atoms with Crippen LogP contribution in [-0.2, 0) is 10.2 Å². The lowest BCUT2D eigenvalue weighted by Gasteiger charge is -2.37. The SMILES string of the molecule is CC(=O)Oc1c(C(=O)O)cccc1C1(C)C=CC(C(C)(C)O)CC1. The molecule has 1 aliphatic carbocycles. The van der Waals surface area contributed by atoms with Crippen LogP contribution in [0.3, 0.4) is 0 Å². The molecule has 2 unspecified atom stereocenters. The summed E-state index contributed by atoms with van der Waals surface area (Å²) in [4.78, 5) is 22.9. The Morgan fingerprint density at radius 3 is 2.46 bits per heavy atom. The van der Waals surface area contributed by atoms with Crippen molar-refractivity contribution in [3.05, 3.63) is 41.5 Å². The zero-order valence-electron chi connectivity index (χ0n) is 14.5. The first-order valence-corrected chi connectivity index (χ1v) is 8.01. The lowest BCUT2D eigenvalue weighted by molar-refractivity contribution is -0.131. The van der Waals surface area contributed by atoms with Crippen molar-refractivity contribution < 1.29 is 24.5 Å². The third-order valence-corrected chi connectivity index (χ3v) is 4.68. The molecule has 1 aromatic rings. The van der Waals surface area contributed by atoms with Crippen LogP contribution in [0.15, 0.2) is 30.4 Å². The Labute approximate surface area is 142 Å². The smallest absolute Gasteiger partial charge is 0.339 e. The van der Waals surface area contributed by atoms with Gasteiger partial charge in [0.2, 0.25) is 0 Å². The van der Waals surface area contributed by atoms with Crippen LogP contribution in [0, 0.1) is 5.92 Å². The van der Waals surface area contributed by atoms with Crippen molar-refractivity contribution in [1.29, 1.82) is 0 Å². The van der Waals surface area contributed by atoms with Gasteiger partial charge in [0.15, 0.2) is 0 Å². The number of esters is 1. The molecule has 130 valence electrons. The fourth-order valence-electron chi connectivity index (χ4n) is 3.19. The molecule has 0 saturated carbocycles. The van der Waals surface area contributed by atoms with Gasteiger partial charge in [-0.1, -0.05) is 31.2 Å². The Balaban J connectivity index is 2.50. The van der Waals surface area contributed by atoms with E-state index in [0.717, 1.165) is 12.8 Å². The molecule has 5 nitrogen and oxygen atoms in total. The van der Waals surface area contributed by atoms with Crippen LogP contribution < -0.4 is 4.74 Å². The van der Waals surface area contributed by atoms with Gasteiger partial charge >= 0.3 is 11.9 Å². The van der Waals surface area contributed by atoms with Gasteiger partial charge in [-0.3, -0.25) is 4.79 Å². The maximum atomic E-state index is 11.5. The summed E-state index contributed by atoms with van der Waals surface area (Å²) in [6.45, 7) is 6.80. The topological polar surface area (TPSA) is 83.8 Å². The number of carbonyl (C=O) groups is 2. The second-order valence-electron chi connectivity index (χ2n) is 7.16. The van der Waals surface area contributed by atoms with Crippen LogP contribution in [0.25, 0.3) is 0 Å². The van der Waals surface area contributed by atoms with Gasteiger partial charge in [-0.25, -0.2) is 4.79 Å². The van der Waals surface area contributed by atoms with Gasteiger partial charge in [0, 0.05) is 23.8 Å². The van der Waals surface area contributed by atoms with Crippen molar-refractivity contribution in [2.24, 2.45) is 5.92 Å². The van der Waals surface area contributed by atoms with Crippen molar-refractivity contribution in [1.82, 2.24) is 0 Å². The second kappa shape index (κ2) is 6.40. The molecule has 0 aromatic heterocycles. The summed E-state index contributed by atoms with van der Waals surface area (Å²) in [5, 5.41) is 19.6. The minimum atomic E-state index is -1.13. The maximum Gasteiger partial charge on any atom is 0.339 e. The Morgan fingerprint density at radius 2 is 2.00 bits per heavy atom. The van der Waals surface area contributed by atoms with Crippen molar-refractivity contribution in [3.63, 3.8) is 0 Å². The Hall–Kier alpha value is -2.14. The number of ether oxygens (including phenoxy) is 1. The first kappa shape index (κ1) is 18.2. The molecular weight excluding hydrogens is 308 g/mol. The highest BCUT2D eigenvalue weighted by Crippen LogP contribution is 2.43. The number of benzene rings is 1. The molecule has 2 rings (SSSR count). The normalized spacial score (nSPS) is 23.8. The Bertz CT molecular complexity index is 683. The summed E-state index contributed by atoms with van der Waals surface area (Å²) in [7, 11) is 0. The number of allylic oxidation sites excluding steroid dienone is 1. The highest BCUT2D eigenvalue weighted by atomic mass is 16.5. The summed E-state index contributed by atoms with van der Waals surface area (Å²) >= 11 is 0. The molecule has 2 N–H and O–H groups in total. The van der Waals surface area contributed by atoms with Gasteiger partial charge in [-0.05, 0) is 32.8 Å². The third-order valence-electron chi connectivity index (χ3n) is 4.68. The summed E-state index contributed by atoms with van der Waals surface area (Å²) in [6.07, 6.45) is 5.42. The maximum absolute atomic E-state index is 11.5. The summed E-state index contributed by atoms with van der Waals surface area (Å²) in [5.41, 5.74) is -0.623. The van der Waals surface area contributed by atoms with Crippen LogP contribution in [-0.4, -0.2) is 27.8 Å². The number of carboxylic acids is 1. The molecule has 0 saturated heterocycles. The number of rotatable bonds is 4. The number of para-hydroxylation sites is 1. The number of hydrogen-bond donors (Lipinski definition) is 2. The van der Waals surface area contributed by atoms with Gasteiger partial charge < -0.3 is 14.9 Å². The minimum Gasteiger partial charge on any atom is -0.478 e. The highest BCUT2D eigenvalue weighted by Gasteiger charge is 2.36. The average Bonchev–Trinajstić information content (AvgIpc) is 2.45. The van der Waals surface area contributed by atoms with Gasteiger partial charge in [0.1, 0.15) is 11.3 Å². The van der Waals surface area contributed by atoms with Gasteiger partial charge in [0.25, 0.3) is 0 Å². The molecule has 1 aliphatic rings. The van der Waals surface area contributed by atoms with E-state index in [2.05, 4.69) is 0 Å². The first-order valence-electron chi connectivity index (χ1n) is 8.01. The molecule has 2 atom stereocenters. The van der Waals surface area contributed by atoms with Crippen LogP contribution in [0.1, 0.15) is 56.5 Å². The largest absolute Gasteiger partial charge is 0.478 e. The van der Waals surface area contributed by atoms with Crippen LogP contribution >= 0.6 is 0 Å². The molecule has 24 heavy (non-hydrogen) atoms. The van der Waals surface area contributed by atoms with Gasteiger partial charge in [-0.15, -0.1) is 0 Å². The molecule has 1 aromatic carbocycles. The first-order chi connectivity index (χ1) is 11.0. The second-order valence-corrected chi connectivity index (χ2v) is 7.16. The van der Waals surface area contributed by atoms with Crippen LogP contribution in [0.2, 0.25) is 0 Å². The number of aromatic carboxylic acids is 1. The van der Waals surface area contributed by atoms with Crippen molar-refractivity contribution in [2.45, 2.75) is 51.6 Å². The molecule has 0 spiro atoms. The Morgan fingerprint density at radius 1 is 1.33 bits per heavy atom. The molecule has 0 fully saturated rings. The lowest BCUT2D eigenvalue weighted by atomic mass is 9.69. The number of carbonyl (C=O) groups excluding carboxylic acids is 1. The predicted octanol–water partition coefficient (Wildman–Crippen LogP) is 3.30. The fraction of sp³-hybridized carbons (Fsp3) is 0.474. The molecule has 0 bridgehead atoms. The number of carboxylic acid groups (broad SMARTS) is 1. The van der Waals surface area contributed by atoms with Crippen molar-refractivity contribution in [3.8, 4) is 5.75 Å². The lowest BCUT2D eigenvalue weighted by Crippen LogP contribution is -2.35. The van der Waals surface area contributed by atoms with E-state index in [1.165, 1.54) is 13.0 Å². The number of aliphatic hydroxyl groups is 1. The van der Waals surface area contributed by atoms with E-state index < -0.39 is 23.0 Å². The van der Waals surface area contributed by atoms with E-state index in [-0.39, 0.29) is 17.2 Å². The molecule has 0 aliphatic heterocycles. The quantitative estimate of drug-likeness (QED) is 0.502. The zero-order chi connectivity index (χ0) is 18.1. The van der Waals surface area contributed by atoms with E-state index >= 15 is 0 Å². The van der Waals surface area contributed by atoms with Crippen LogP contribution in [0.4, 0.5) is 0 Å².